The van der Waals surface area contributed by atoms with Crippen LogP contribution >= 0.6 is 0 Å². The maximum Gasteiger partial charge on any atom is 0.306 e. The number of carbonyl (C=O) groups is 4. The summed E-state index contributed by atoms with van der Waals surface area (Å²) < 4.78 is 16.0. The lowest BCUT2D eigenvalue weighted by molar-refractivity contribution is -0.149. The number of aliphatic carboxylic acids is 1. The van der Waals surface area contributed by atoms with E-state index in [0.29, 0.717) is 13.0 Å². The Morgan fingerprint density at radius 2 is 2.00 bits per heavy atom. The maximum atomic E-state index is 14.6. The van der Waals surface area contributed by atoms with Crippen LogP contribution in [-0.4, -0.2) is 67.9 Å². The Morgan fingerprint density at radius 1 is 1.23 bits per heavy atom. The number of rotatable bonds is 9. The predicted molar refractivity (Wildman–Crippen MR) is 117 cm³/mol. The fourth-order valence-corrected chi connectivity index (χ4v) is 3.97. The predicted octanol–water partition coefficient (Wildman–Crippen LogP) is 0.604. The third-order valence-corrected chi connectivity index (χ3v) is 6.09. The Hall–Kier alpha value is -4.27. The maximum absolute atomic E-state index is 14.6. The Labute approximate surface area is 199 Å². The highest BCUT2D eigenvalue weighted by molar-refractivity contribution is 5.99. The van der Waals surface area contributed by atoms with E-state index < -0.39 is 54.1 Å². The van der Waals surface area contributed by atoms with Gasteiger partial charge in [-0.05, 0) is 43.4 Å². The van der Waals surface area contributed by atoms with Gasteiger partial charge in [0.05, 0.1) is 24.5 Å². The van der Waals surface area contributed by atoms with E-state index in [1.807, 2.05) is 0 Å². The number of nitriles is 1. The average molecular weight is 482 g/mol. The van der Waals surface area contributed by atoms with Crippen molar-refractivity contribution in [1.82, 2.24) is 25.1 Å². The molecule has 2 aliphatic rings. The van der Waals surface area contributed by atoms with Crippen molar-refractivity contribution in [2.45, 2.75) is 43.8 Å². The minimum absolute atomic E-state index is 0.0493. The molecule has 1 saturated carbocycles. The van der Waals surface area contributed by atoms with Crippen LogP contribution in [0.4, 0.5) is 4.39 Å². The lowest BCUT2D eigenvalue weighted by atomic mass is 9.98. The number of carboxylic acid groups (broad SMARTS) is 1. The summed E-state index contributed by atoms with van der Waals surface area (Å²) in [5.41, 5.74) is 0.273. The van der Waals surface area contributed by atoms with E-state index in [9.17, 15) is 23.6 Å². The highest BCUT2D eigenvalue weighted by atomic mass is 19.1. The summed E-state index contributed by atoms with van der Waals surface area (Å²) in [4.78, 5) is 54.6. The third kappa shape index (κ3) is 5.29. The summed E-state index contributed by atoms with van der Waals surface area (Å²) in [6, 6.07) is 2.76. The Morgan fingerprint density at radius 3 is 2.54 bits per heavy atom. The van der Waals surface area contributed by atoms with Crippen molar-refractivity contribution in [3.63, 3.8) is 0 Å². The Bertz CT molecular complexity index is 1190. The number of aromatic nitrogens is 2. The molecule has 1 saturated heterocycles. The normalized spacial score (nSPS) is 18.5. The minimum Gasteiger partial charge on any atom is -0.481 e. The third-order valence-electron chi connectivity index (χ3n) is 6.09. The smallest absolute Gasteiger partial charge is 0.306 e. The summed E-state index contributed by atoms with van der Waals surface area (Å²) in [6.45, 7) is 0.292. The molecular weight excluding hydrogens is 459 g/mol. The van der Waals surface area contributed by atoms with Crippen molar-refractivity contribution >= 4 is 23.7 Å². The van der Waals surface area contributed by atoms with Gasteiger partial charge < -0.3 is 25.2 Å². The molecule has 2 heterocycles. The molecule has 182 valence electrons. The molecule has 0 spiro atoms. The number of hydrogen-bond acceptors (Lipinski definition) is 6. The molecule has 12 heteroatoms. The summed E-state index contributed by atoms with van der Waals surface area (Å²) >= 11 is 0. The van der Waals surface area contributed by atoms with Crippen LogP contribution in [0.15, 0.2) is 36.9 Å². The Kier molecular flexibility index (Phi) is 6.77. The fraction of sp³-hybridized carbons (Fsp3) is 0.391. The van der Waals surface area contributed by atoms with E-state index in [0.717, 1.165) is 18.9 Å². The number of hydrogen-bond donors (Lipinski definition) is 3. The van der Waals surface area contributed by atoms with Crippen LogP contribution in [0.25, 0.3) is 5.69 Å². The molecule has 2 fully saturated rings. The van der Waals surface area contributed by atoms with Crippen LogP contribution in [0.1, 0.15) is 36.0 Å². The average Bonchev–Trinajstić information content (AvgIpc) is 3.48. The van der Waals surface area contributed by atoms with Gasteiger partial charge in [0.2, 0.25) is 11.8 Å². The van der Waals surface area contributed by atoms with Gasteiger partial charge in [0, 0.05) is 24.5 Å². The van der Waals surface area contributed by atoms with Gasteiger partial charge in [-0.1, -0.05) is 0 Å². The van der Waals surface area contributed by atoms with Crippen LogP contribution < -0.4 is 10.6 Å². The fourth-order valence-electron chi connectivity index (χ4n) is 3.97. The molecule has 0 bridgehead atoms. The summed E-state index contributed by atoms with van der Waals surface area (Å²) in [5.74, 6) is -3.62. The second-order valence-electron chi connectivity index (χ2n) is 8.55. The van der Waals surface area contributed by atoms with Crippen LogP contribution in [0.5, 0.6) is 0 Å². The van der Waals surface area contributed by atoms with Gasteiger partial charge in [0.25, 0.3) is 5.91 Å². The molecular formula is C23H23FN6O5. The molecule has 35 heavy (non-hydrogen) atoms. The summed E-state index contributed by atoms with van der Waals surface area (Å²) in [7, 11) is 0. The van der Waals surface area contributed by atoms with Crippen molar-refractivity contribution < 1.29 is 28.7 Å². The highest BCUT2D eigenvalue weighted by Gasteiger charge is 2.45. The van der Waals surface area contributed by atoms with Crippen molar-refractivity contribution in [1.29, 1.82) is 5.26 Å². The zero-order chi connectivity index (χ0) is 25.1. The molecule has 3 atom stereocenters. The van der Waals surface area contributed by atoms with Gasteiger partial charge in [-0.2, -0.15) is 5.26 Å². The quantitative estimate of drug-likeness (QED) is 0.472. The molecule has 3 N–H and O–H groups in total. The van der Waals surface area contributed by atoms with Crippen LogP contribution in [-0.2, 0) is 14.4 Å². The molecule has 0 radical (unpaired) electrons. The molecule has 11 nitrogen and oxygen atoms in total. The van der Waals surface area contributed by atoms with Gasteiger partial charge in [-0.25, -0.2) is 9.37 Å². The van der Waals surface area contributed by atoms with E-state index in [1.165, 1.54) is 34.1 Å². The van der Waals surface area contributed by atoms with Gasteiger partial charge in [-0.15, -0.1) is 0 Å². The van der Waals surface area contributed by atoms with Crippen molar-refractivity contribution in [3.05, 3.63) is 48.3 Å². The molecule has 3 unspecified atom stereocenters. The number of nitrogens with one attached hydrogen (secondary N) is 2. The number of likely N-dealkylation sites (tertiary alicyclic amines) is 1. The molecule has 1 aromatic heterocycles. The number of imidazole rings is 1. The van der Waals surface area contributed by atoms with Crippen LogP contribution in [0.2, 0.25) is 0 Å². The monoisotopic (exact) mass is 482 g/mol. The van der Waals surface area contributed by atoms with Crippen molar-refractivity contribution in [2.75, 3.05) is 6.54 Å². The lowest BCUT2D eigenvalue weighted by Gasteiger charge is -2.42. The second kappa shape index (κ2) is 9.92. The van der Waals surface area contributed by atoms with Gasteiger partial charge in [0.1, 0.15) is 23.9 Å². The summed E-state index contributed by atoms with van der Waals surface area (Å²) in [5, 5.41) is 22.9. The SMILES string of the molecule is N#CC(CC(=O)O)NC(=O)C1CCN1C(=O)C(NC(=O)c1ccc(-n2ccnc2)c(F)c1)C1CC1. The summed E-state index contributed by atoms with van der Waals surface area (Å²) in [6.07, 6.45) is 5.76. The van der Waals surface area contributed by atoms with Crippen molar-refractivity contribution in [2.24, 2.45) is 5.92 Å². The van der Waals surface area contributed by atoms with Crippen LogP contribution in [0, 0.1) is 23.1 Å². The minimum atomic E-state index is -1.23. The first-order chi connectivity index (χ1) is 16.8. The van der Waals surface area contributed by atoms with E-state index in [1.54, 1.807) is 12.3 Å². The number of carboxylic acids is 1. The zero-order valence-corrected chi connectivity index (χ0v) is 18.6. The zero-order valence-electron chi connectivity index (χ0n) is 18.6. The lowest BCUT2D eigenvalue weighted by Crippen LogP contribution is -2.63. The van der Waals surface area contributed by atoms with Gasteiger partial charge >= 0.3 is 5.97 Å². The molecule has 3 amide bonds. The Balaban J connectivity index is 1.42. The number of carbonyl (C=O) groups excluding carboxylic acids is 3. The molecule has 1 aromatic carbocycles. The van der Waals surface area contributed by atoms with E-state index >= 15 is 0 Å². The molecule has 1 aliphatic heterocycles. The van der Waals surface area contributed by atoms with E-state index in [-0.39, 0.29) is 17.2 Å². The van der Waals surface area contributed by atoms with E-state index in [2.05, 4.69) is 15.6 Å². The number of benzene rings is 1. The van der Waals surface area contributed by atoms with E-state index in [4.69, 9.17) is 10.4 Å². The first kappa shape index (κ1) is 23.9. The highest BCUT2D eigenvalue weighted by Crippen LogP contribution is 2.35. The first-order valence-corrected chi connectivity index (χ1v) is 11.1. The number of amides is 3. The number of halogens is 1. The standard InChI is InChI=1S/C23H23FN6O5/c24-16-9-14(3-4-17(16)29-8-6-26-12-29)21(33)28-20(13-1-2-13)23(35)30-7-5-18(30)22(34)27-15(11-25)10-19(31)32/h3-4,6,8-9,12-13,15,18,20H,1-2,5,7,10H2,(H,27,34)(H,28,33)(H,31,32). The van der Waals surface area contributed by atoms with Crippen molar-refractivity contribution in [3.8, 4) is 11.8 Å². The van der Waals surface area contributed by atoms with Crippen LogP contribution in [0.3, 0.4) is 0 Å². The van der Waals surface area contributed by atoms with Gasteiger partial charge in [-0.3, -0.25) is 19.2 Å². The molecule has 1 aliphatic carbocycles. The molecule has 4 rings (SSSR count). The van der Waals surface area contributed by atoms with Gasteiger partial charge in [0.15, 0.2) is 0 Å². The number of nitrogens with zero attached hydrogens (tertiary/aromatic N) is 4. The molecule has 2 aromatic rings. The second-order valence-corrected chi connectivity index (χ2v) is 8.55. The largest absolute Gasteiger partial charge is 0.481 e. The topological polar surface area (TPSA) is 157 Å². The first-order valence-electron chi connectivity index (χ1n) is 11.1.